The molecule has 0 saturated heterocycles. The van der Waals surface area contributed by atoms with Crippen LogP contribution in [0.4, 0.5) is 92.2 Å². The Kier molecular flexibility index (Phi) is 9.39. The summed E-state index contributed by atoms with van der Waals surface area (Å²) >= 11 is 0. The van der Waals surface area contributed by atoms with Crippen LogP contribution in [0.2, 0.25) is 0 Å². The summed E-state index contributed by atoms with van der Waals surface area (Å²) in [5.74, 6) is -72.6. The first-order chi connectivity index (χ1) is 14.5. The Bertz CT molecular complexity index is 919. The molecule has 0 unspecified atom stereocenters. The molecule has 0 radical (unpaired) electrons. The fourth-order valence-corrected chi connectivity index (χ4v) is 2.16. The molecule has 0 aromatic carbocycles. The van der Waals surface area contributed by atoms with E-state index in [4.69, 9.17) is 4.55 Å². The van der Waals surface area contributed by atoms with Gasteiger partial charge in [0.25, 0.3) is 0 Å². The zero-order chi connectivity index (χ0) is 29.5. The molecule has 0 heterocycles. The SMILES string of the molecule is O=S(=O)(O)C(F)(F)C(F)(F)C(F)(F)C(F)(F)C(F)(F)C(F)(F)C(F)(F)C(F)(F)C(F)(F)C(F)(F)F.[NaH]. The van der Waals surface area contributed by atoms with E-state index in [-0.39, 0.29) is 29.6 Å². The first kappa shape index (κ1) is 37.6. The van der Waals surface area contributed by atoms with Crippen LogP contribution in [0.25, 0.3) is 0 Å². The Morgan fingerprint density at radius 1 is 0.361 bits per heavy atom. The standard InChI is InChI=1S/C10HF21O3S.Na.H/c11-1(12,3(15,16)5(19,20)7(23,24)9(27,28)29)2(13,14)4(17,18)6(21,22)8(25,26)10(30,31)35(32,33)34;;/h(H,32,33,34);;. The van der Waals surface area contributed by atoms with Crippen LogP contribution in [0.15, 0.2) is 0 Å². The van der Waals surface area contributed by atoms with Crippen molar-refractivity contribution in [1.29, 1.82) is 0 Å². The van der Waals surface area contributed by atoms with Gasteiger partial charge in [0, 0.05) is 0 Å². The number of hydrogen-bond acceptors (Lipinski definition) is 2. The van der Waals surface area contributed by atoms with Crippen LogP contribution in [-0.4, -0.2) is 101 Å². The van der Waals surface area contributed by atoms with Gasteiger partial charge in [0.15, 0.2) is 0 Å². The maximum atomic E-state index is 13.3. The van der Waals surface area contributed by atoms with Crippen LogP contribution in [-0.2, 0) is 10.1 Å². The molecule has 0 aromatic rings. The van der Waals surface area contributed by atoms with E-state index in [1.165, 1.54) is 0 Å². The van der Waals surface area contributed by atoms with Gasteiger partial charge in [-0.3, -0.25) is 4.55 Å². The van der Waals surface area contributed by atoms with Crippen LogP contribution in [0.5, 0.6) is 0 Å². The van der Waals surface area contributed by atoms with Gasteiger partial charge in [0.1, 0.15) is 0 Å². The molecule has 0 atom stereocenters. The average Bonchev–Trinajstić information content (AvgIpc) is 2.58. The predicted molar refractivity (Wildman–Crippen MR) is 69.3 cm³/mol. The second kappa shape index (κ2) is 8.99. The number of hydrogen-bond donors (Lipinski definition) is 1. The van der Waals surface area contributed by atoms with Gasteiger partial charge in [0.05, 0.1) is 0 Å². The summed E-state index contributed by atoms with van der Waals surface area (Å²) in [5.41, 5.74) is 0. The molecule has 0 aromatic heterocycles. The van der Waals surface area contributed by atoms with E-state index < -0.39 is 68.9 Å². The molecule has 0 amide bonds. The molecule has 3 nitrogen and oxygen atoms in total. The first-order valence-electron chi connectivity index (χ1n) is 6.94. The molecule has 0 aliphatic heterocycles. The Morgan fingerprint density at radius 3 is 0.694 bits per heavy atom. The fourth-order valence-electron chi connectivity index (χ4n) is 1.71. The molecular weight excluding hydrogens is 622 g/mol. The van der Waals surface area contributed by atoms with E-state index in [0.717, 1.165) is 0 Å². The van der Waals surface area contributed by atoms with Crippen LogP contribution in [0.3, 0.4) is 0 Å². The molecule has 0 fully saturated rings. The van der Waals surface area contributed by atoms with Gasteiger partial charge in [-0.1, -0.05) is 0 Å². The van der Waals surface area contributed by atoms with Crippen LogP contribution >= 0.6 is 0 Å². The third kappa shape index (κ3) is 4.40. The molecule has 36 heavy (non-hydrogen) atoms. The van der Waals surface area contributed by atoms with E-state index in [0.29, 0.717) is 0 Å². The van der Waals surface area contributed by atoms with Crippen molar-refractivity contribution in [3.63, 3.8) is 0 Å². The minimum absolute atomic E-state index is 0. The van der Waals surface area contributed by atoms with Crippen LogP contribution in [0.1, 0.15) is 0 Å². The van der Waals surface area contributed by atoms with Crippen molar-refractivity contribution in [2.45, 2.75) is 58.8 Å². The molecule has 214 valence electrons. The summed E-state index contributed by atoms with van der Waals surface area (Å²) < 4.78 is 298. The van der Waals surface area contributed by atoms with Crippen molar-refractivity contribution >= 4 is 39.7 Å². The Hall–Kier alpha value is -0.560. The molecule has 0 aliphatic rings. The van der Waals surface area contributed by atoms with Crippen LogP contribution in [0, 0.1) is 0 Å². The van der Waals surface area contributed by atoms with Gasteiger partial charge in [-0.05, 0) is 0 Å². The van der Waals surface area contributed by atoms with Crippen LogP contribution < -0.4 is 0 Å². The molecule has 1 N–H and O–H groups in total. The van der Waals surface area contributed by atoms with Gasteiger partial charge in [-0.25, -0.2) is 0 Å². The van der Waals surface area contributed by atoms with Crippen molar-refractivity contribution in [2.75, 3.05) is 0 Å². The summed E-state index contributed by atoms with van der Waals surface area (Å²) in [7, 11) is -8.09. The second-order valence-corrected chi connectivity index (χ2v) is 7.55. The first-order valence-corrected chi connectivity index (χ1v) is 8.38. The van der Waals surface area contributed by atoms with Crippen molar-refractivity contribution < 1.29 is 105 Å². The average molecular weight is 624 g/mol. The summed E-state index contributed by atoms with van der Waals surface area (Å²) in [5, 5.41) is -8.06. The normalized spacial score (nSPS) is 16.6. The summed E-state index contributed by atoms with van der Waals surface area (Å²) in [6.07, 6.45) is -8.08. The molecule has 0 rings (SSSR count). The van der Waals surface area contributed by atoms with Crippen molar-refractivity contribution in [3.8, 4) is 0 Å². The predicted octanol–water partition coefficient (Wildman–Crippen LogP) is 5.46. The summed E-state index contributed by atoms with van der Waals surface area (Å²) in [6.45, 7) is 0. The van der Waals surface area contributed by atoms with E-state index in [2.05, 4.69) is 0 Å². The van der Waals surface area contributed by atoms with E-state index in [1.807, 2.05) is 0 Å². The van der Waals surface area contributed by atoms with E-state index in [1.54, 1.807) is 0 Å². The molecule has 0 saturated carbocycles. The van der Waals surface area contributed by atoms with Gasteiger partial charge in [-0.15, -0.1) is 0 Å². The topological polar surface area (TPSA) is 54.4 Å². The van der Waals surface area contributed by atoms with E-state index in [9.17, 15) is 101 Å². The Balaban J connectivity index is 0. The van der Waals surface area contributed by atoms with Gasteiger partial charge >= 0.3 is 98.5 Å². The number of halogens is 21. The van der Waals surface area contributed by atoms with Crippen molar-refractivity contribution in [2.24, 2.45) is 0 Å². The number of alkyl halides is 21. The molecule has 0 spiro atoms. The summed E-state index contributed by atoms with van der Waals surface area (Å²) in [6, 6.07) is 0. The van der Waals surface area contributed by atoms with Crippen molar-refractivity contribution in [1.82, 2.24) is 0 Å². The zero-order valence-corrected chi connectivity index (χ0v) is 15.4. The van der Waals surface area contributed by atoms with Crippen molar-refractivity contribution in [3.05, 3.63) is 0 Å². The minimum atomic E-state index is -9.38. The zero-order valence-electron chi connectivity index (χ0n) is 14.6. The van der Waals surface area contributed by atoms with Gasteiger partial charge < -0.3 is 0 Å². The third-order valence-corrected chi connectivity index (χ3v) is 4.71. The Morgan fingerprint density at radius 2 is 0.528 bits per heavy atom. The van der Waals surface area contributed by atoms with Gasteiger partial charge in [-0.2, -0.15) is 101 Å². The molecule has 0 bridgehead atoms. The van der Waals surface area contributed by atoms with Gasteiger partial charge in [0.2, 0.25) is 0 Å². The third-order valence-electron chi connectivity index (χ3n) is 3.81. The summed E-state index contributed by atoms with van der Waals surface area (Å²) in [4.78, 5) is 0. The molecule has 0 aliphatic carbocycles. The quantitative estimate of drug-likeness (QED) is 0.211. The second-order valence-electron chi connectivity index (χ2n) is 6.08. The Labute approximate surface area is 204 Å². The maximum absolute atomic E-state index is 13.3. The van der Waals surface area contributed by atoms with E-state index >= 15 is 0 Å². The molecule has 26 heteroatoms. The monoisotopic (exact) mass is 624 g/mol. The number of rotatable bonds is 9. The fraction of sp³-hybridized carbons (Fsp3) is 1.00. The molecular formula is C10H2F21NaO3S.